The van der Waals surface area contributed by atoms with E-state index in [1.165, 1.54) is 0 Å². The van der Waals surface area contributed by atoms with Crippen molar-refractivity contribution in [3.63, 3.8) is 0 Å². The summed E-state index contributed by atoms with van der Waals surface area (Å²) in [4.78, 5) is 18.1. The van der Waals surface area contributed by atoms with Crippen LogP contribution in [0.5, 0.6) is 0 Å². The predicted molar refractivity (Wildman–Crippen MR) is 103 cm³/mol. The molecule has 1 aliphatic heterocycles. The SMILES string of the molecule is CSc1ccccc1N1C(=O)CN(Cc2c(C)nn(C)c2Cl)CC1C. The summed E-state index contributed by atoms with van der Waals surface area (Å²) in [6.07, 6.45) is 2.04. The lowest BCUT2D eigenvalue weighted by atomic mass is 10.1. The van der Waals surface area contributed by atoms with Gasteiger partial charge in [0.25, 0.3) is 0 Å². The molecule has 0 radical (unpaired) electrons. The maximum atomic E-state index is 12.9. The Balaban J connectivity index is 1.79. The molecule has 1 unspecified atom stereocenters. The second-order valence-corrected chi connectivity index (χ2v) is 7.64. The zero-order valence-electron chi connectivity index (χ0n) is 15.0. The van der Waals surface area contributed by atoms with Crippen LogP contribution in [0.2, 0.25) is 5.15 Å². The first kappa shape index (κ1) is 18.3. The van der Waals surface area contributed by atoms with Gasteiger partial charge < -0.3 is 4.90 Å². The summed E-state index contributed by atoms with van der Waals surface area (Å²) >= 11 is 8.01. The molecule has 1 fully saturated rings. The van der Waals surface area contributed by atoms with E-state index in [2.05, 4.69) is 23.0 Å². The number of rotatable bonds is 4. The molecule has 2 heterocycles. The average Bonchev–Trinajstić information content (AvgIpc) is 2.81. The van der Waals surface area contributed by atoms with Gasteiger partial charge in [0.1, 0.15) is 5.15 Å². The van der Waals surface area contributed by atoms with E-state index < -0.39 is 0 Å². The first-order valence-corrected chi connectivity index (χ1v) is 9.88. The van der Waals surface area contributed by atoms with E-state index in [4.69, 9.17) is 11.6 Å². The Kier molecular flexibility index (Phi) is 5.41. The number of para-hydroxylation sites is 1. The lowest BCUT2D eigenvalue weighted by Crippen LogP contribution is -2.55. The largest absolute Gasteiger partial charge is 0.306 e. The highest BCUT2D eigenvalue weighted by molar-refractivity contribution is 7.98. The Morgan fingerprint density at radius 3 is 2.68 bits per heavy atom. The van der Waals surface area contributed by atoms with Crippen LogP contribution in [0.25, 0.3) is 0 Å². The number of aryl methyl sites for hydroxylation is 2. The predicted octanol–water partition coefficient (Wildman–Crippen LogP) is 3.34. The van der Waals surface area contributed by atoms with Gasteiger partial charge in [0.2, 0.25) is 5.91 Å². The van der Waals surface area contributed by atoms with E-state index in [1.807, 2.05) is 43.3 Å². The van der Waals surface area contributed by atoms with Gasteiger partial charge in [-0.2, -0.15) is 5.10 Å². The fourth-order valence-corrected chi connectivity index (χ4v) is 4.26. The molecule has 0 aliphatic carbocycles. The summed E-state index contributed by atoms with van der Waals surface area (Å²) in [6.45, 7) is 5.89. The van der Waals surface area contributed by atoms with Gasteiger partial charge in [0, 0.05) is 36.6 Å². The molecule has 3 rings (SSSR count). The van der Waals surface area contributed by atoms with Crippen molar-refractivity contribution in [2.24, 2.45) is 7.05 Å². The van der Waals surface area contributed by atoms with Crippen molar-refractivity contribution in [2.45, 2.75) is 31.3 Å². The topological polar surface area (TPSA) is 41.4 Å². The summed E-state index contributed by atoms with van der Waals surface area (Å²) in [5.41, 5.74) is 2.92. The molecule has 134 valence electrons. The number of halogens is 1. The Bertz CT molecular complexity index is 791. The summed E-state index contributed by atoms with van der Waals surface area (Å²) in [5, 5.41) is 5.01. The third-order valence-electron chi connectivity index (χ3n) is 4.59. The second-order valence-electron chi connectivity index (χ2n) is 6.43. The number of piperazine rings is 1. The zero-order chi connectivity index (χ0) is 18.1. The molecule has 0 saturated carbocycles. The molecular weight excluding hydrogens is 356 g/mol. The third-order valence-corrected chi connectivity index (χ3v) is 5.84. The quantitative estimate of drug-likeness (QED) is 0.765. The smallest absolute Gasteiger partial charge is 0.241 e. The summed E-state index contributed by atoms with van der Waals surface area (Å²) in [7, 11) is 1.84. The number of nitrogens with zero attached hydrogens (tertiary/aromatic N) is 4. The van der Waals surface area contributed by atoms with Crippen LogP contribution < -0.4 is 4.90 Å². The highest BCUT2D eigenvalue weighted by Crippen LogP contribution is 2.32. The molecule has 1 aliphatic rings. The van der Waals surface area contributed by atoms with Gasteiger partial charge in [0.15, 0.2) is 0 Å². The second kappa shape index (κ2) is 7.40. The van der Waals surface area contributed by atoms with Gasteiger partial charge in [-0.15, -0.1) is 11.8 Å². The van der Waals surface area contributed by atoms with E-state index in [-0.39, 0.29) is 11.9 Å². The molecule has 5 nitrogen and oxygen atoms in total. The standard InChI is InChI=1S/C18H23ClN4OS/c1-12-9-22(10-14-13(2)20-21(3)18(14)19)11-17(24)23(12)15-7-5-6-8-16(15)25-4/h5-8,12H,9-11H2,1-4H3. The highest BCUT2D eigenvalue weighted by Gasteiger charge is 2.32. The first-order valence-electron chi connectivity index (χ1n) is 8.27. The lowest BCUT2D eigenvalue weighted by Gasteiger charge is -2.40. The number of benzene rings is 1. The minimum Gasteiger partial charge on any atom is -0.306 e. The maximum absolute atomic E-state index is 12.9. The summed E-state index contributed by atoms with van der Waals surface area (Å²) in [6, 6.07) is 8.18. The molecule has 1 saturated heterocycles. The Labute approximate surface area is 157 Å². The van der Waals surface area contributed by atoms with Crippen molar-refractivity contribution in [3.8, 4) is 0 Å². The number of hydrogen-bond donors (Lipinski definition) is 0. The molecule has 7 heteroatoms. The molecule has 1 amide bonds. The van der Waals surface area contributed by atoms with Crippen LogP contribution in [0.4, 0.5) is 5.69 Å². The lowest BCUT2D eigenvalue weighted by molar-refractivity contribution is -0.122. The van der Waals surface area contributed by atoms with Crippen molar-refractivity contribution in [3.05, 3.63) is 40.7 Å². The summed E-state index contributed by atoms with van der Waals surface area (Å²) in [5.74, 6) is 0.123. The minimum atomic E-state index is 0.102. The van der Waals surface area contributed by atoms with E-state index in [1.54, 1.807) is 16.4 Å². The third kappa shape index (κ3) is 3.57. The highest BCUT2D eigenvalue weighted by atomic mass is 35.5. The summed E-state index contributed by atoms with van der Waals surface area (Å²) < 4.78 is 1.68. The van der Waals surface area contributed by atoms with Crippen LogP contribution >= 0.6 is 23.4 Å². The maximum Gasteiger partial charge on any atom is 0.241 e. The number of aromatic nitrogens is 2. The zero-order valence-corrected chi connectivity index (χ0v) is 16.6. The fourth-order valence-electron chi connectivity index (χ4n) is 3.43. The Morgan fingerprint density at radius 1 is 1.36 bits per heavy atom. The monoisotopic (exact) mass is 378 g/mol. The van der Waals surface area contributed by atoms with Gasteiger partial charge in [-0.1, -0.05) is 23.7 Å². The van der Waals surface area contributed by atoms with Crippen molar-refractivity contribution in [2.75, 3.05) is 24.2 Å². The van der Waals surface area contributed by atoms with Gasteiger partial charge >= 0.3 is 0 Å². The van der Waals surface area contributed by atoms with Crippen LogP contribution in [0.15, 0.2) is 29.2 Å². The molecule has 0 spiro atoms. The molecule has 0 N–H and O–H groups in total. The van der Waals surface area contributed by atoms with Crippen molar-refractivity contribution in [1.29, 1.82) is 0 Å². The number of hydrogen-bond acceptors (Lipinski definition) is 4. The number of anilines is 1. The molecule has 25 heavy (non-hydrogen) atoms. The normalized spacial score (nSPS) is 18.8. The van der Waals surface area contributed by atoms with E-state index >= 15 is 0 Å². The first-order chi connectivity index (χ1) is 11.9. The average molecular weight is 379 g/mol. The number of thioether (sulfide) groups is 1. The number of carbonyl (C=O) groups is 1. The van der Waals surface area contributed by atoms with Crippen LogP contribution in [0, 0.1) is 6.92 Å². The van der Waals surface area contributed by atoms with E-state index in [0.29, 0.717) is 18.2 Å². The van der Waals surface area contributed by atoms with Crippen molar-refractivity contribution >= 4 is 35.0 Å². The van der Waals surface area contributed by atoms with E-state index in [9.17, 15) is 4.79 Å². The molecule has 2 aromatic rings. The molecule has 1 aromatic heterocycles. The van der Waals surface area contributed by atoms with Gasteiger partial charge in [-0.25, -0.2) is 0 Å². The Morgan fingerprint density at radius 2 is 2.08 bits per heavy atom. The van der Waals surface area contributed by atoms with Gasteiger partial charge in [-0.05, 0) is 32.2 Å². The molecule has 1 atom stereocenters. The van der Waals surface area contributed by atoms with Crippen molar-refractivity contribution < 1.29 is 4.79 Å². The van der Waals surface area contributed by atoms with Crippen LogP contribution in [0.3, 0.4) is 0 Å². The molecule has 0 bridgehead atoms. The van der Waals surface area contributed by atoms with E-state index in [0.717, 1.165) is 28.4 Å². The number of amides is 1. The number of carbonyl (C=O) groups excluding carboxylic acids is 1. The molecular formula is C18H23ClN4OS. The van der Waals surface area contributed by atoms with Crippen molar-refractivity contribution in [1.82, 2.24) is 14.7 Å². The van der Waals surface area contributed by atoms with Crippen LogP contribution in [-0.4, -0.2) is 46.0 Å². The van der Waals surface area contributed by atoms with Crippen LogP contribution in [-0.2, 0) is 18.4 Å². The fraction of sp³-hybridized carbons (Fsp3) is 0.444. The Hall–Kier alpha value is -1.50. The van der Waals surface area contributed by atoms with Crippen LogP contribution in [0.1, 0.15) is 18.2 Å². The molecule has 1 aromatic carbocycles. The van der Waals surface area contributed by atoms with Gasteiger partial charge in [0.05, 0.1) is 17.9 Å². The van der Waals surface area contributed by atoms with Gasteiger partial charge in [-0.3, -0.25) is 14.4 Å². The minimum absolute atomic E-state index is 0.102.